The second-order valence-corrected chi connectivity index (χ2v) is 8.79. The molecule has 0 radical (unpaired) electrons. The molecule has 152 valence electrons. The molecule has 1 unspecified atom stereocenters. The van der Waals surface area contributed by atoms with E-state index in [1.54, 1.807) is 7.11 Å². The fourth-order valence-corrected chi connectivity index (χ4v) is 4.63. The van der Waals surface area contributed by atoms with Gasteiger partial charge in [0.2, 0.25) is 0 Å². The number of nitrogen functional groups attached to an aromatic ring is 1. The highest BCUT2D eigenvalue weighted by atomic mass is 32.2. The van der Waals surface area contributed by atoms with Crippen molar-refractivity contribution >= 4 is 28.0 Å². The summed E-state index contributed by atoms with van der Waals surface area (Å²) in [6.07, 6.45) is 6.05. The largest absolute Gasteiger partial charge is 0.616 e. The Balaban J connectivity index is 2.06. The van der Waals surface area contributed by atoms with E-state index in [0.29, 0.717) is 12.4 Å². The zero-order valence-electron chi connectivity index (χ0n) is 17.2. The molecule has 7 heteroatoms. The third-order valence-corrected chi connectivity index (χ3v) is 6.47. The van der Waals surface area contributed by atoms with Gasteiger partial charge in [-0.25, -0.2) is 9.97 Å². The van der Waals surface area contributed by atoms with Gasteiger partial charge in [0.1, 0.15) is 22.8 Å². The average molecular weight is 395 g/mol. The van der Waals surface area contributed by atoms with Crippen LogP contribution in [0.1, 0.15) is 56.1 Å². The number of nitrogens with two attached hydrogens (primary N) is 1. The van der Waals surface area contributed by atoms with Gasteiger partial charge in [0.05, 0.1) is 12.1 Å². The van der Waals surface area contributed by atoms with Crippen LogP contribution < -0.4 is 5.73 Å². The summed E-state index contributed by atoms with van der Waals surface area (Å²) in [5, 5.41) is 0. The zero-order valence-corrected chi connectivity index (χ0v) is 18.0. The van der Waals surface area contributed by atoms with Gasteiger partial charge >= 0.3 is 0 Å². The summed E-state index contributed by atoms with van der Waals surface area (Å²) >= 11 is -0.661. The van der Waals surface area contributed by atoms with Crippen LogP contribution >= 0.6 is 0 Å². The molecule has 0 spiro atoms. The minimum atomic E-state index is -0.661. The van der Waals surface area contributed by atoms with Gasteiger partial charge in [0.15, 0.2) is 5.82 Å². The lowest BCUT2D eigenvalue weighted by atomic mass is 10.2. The van der Waals surface area contributed by atoms with Crippen molar-refractivity contribution in [3.63, 3.8) is 0 Å². The van der Waals surface area contributed by atoms with Gasteiger partial charge in [0.25, 0.3) is 0 Å². The monoisotopic (exact) mass is 394 g/mol. The Kier molecular flexibility index (Phi) is 8.86. The fraction of sp³-hybridized carbons (Fsp3) is 0.700. The van der Waals surface area contributed by atoms with E-state index in [9.17, 15) is 4.55 Å². The first-order valence-electron chi connectivity index (χ1n) is 9.95. The van der Waals surface area contributed by atoms with Crippen molar-refractivity contribution in [1.82, 2.24) is 14.5 Å². The number of rotatable bonds is 12. The number of imidazole rings is 1. The molecule has 6 nitrogen and oxygen atoms in total. The van der Waals surface area contributed by atoms with E-state index >= 15 is 0 Å². The van der Waals surface area contributed by atoms with Crippen LogP contribution in [0.25, 0.3) is 11.0 Å². The summed E-state index contributed by atoms with van der Waals surface area (Å²) in [5.41, 5.74) is 10.1. The quantitative estimate of drug-likeness (QED) is 0.439. The first-order valence-corrected chi connectivity index (χ1v) is 11.4. The summed E-state index contributed by atoms with van der Waals surface area (Å²) in [6.45, 7) is 7.73. The molecule has 0 saturated carbocycles. The molecular weight excluding hydrogens is 360 g/mol. The van der Waals surface area contributed by atoms with Gasteiger partial charge in [-0.15, -0.1) is 0 Å². The minimum absolute atomic E-state index is 0.497. The molecule has 0 aliphatic carbocycles. The van der Waals surface area contributed by atoms with E-state index < -0.39 is 11.2 Å². The van der Waals surface area contributed by atoms with Gasteiger partial charge < -0.3 is 19.6 Å². The lowest BCUT2D eigenvalue weighted by Crippen LogP contribution is -2.12. The molecule has 2 N–H and O–H groups in total. The predicted molar refractivity (Wildman–Crippen MR) is 114 cm³/mol. The maximum Gasteiger partial charge on any atom is 0.151 e. The number of fused-ring (bicyclic) bond motifs is 1. The Labute approximate surface area is 166 Å². The molecular formula is C20H34N4O2S. The number of methoxy groups -OCH3 is 1. The molecule has 0 amide bonds. The summed E-state index contributed by atoms with van der Waals surface area (Å²) < 4.78 is 19.5. The molecule has 27 heavy (non-hydrogen) atoms. The molecule has 0 fully saturated rings. The zero-order chi connectivity index (χ0) is 19.8. The van der Waals surface area contributed by atoms with Crippen LogP contribution in [0.4, 0.5) is 5.82 Å². The molecule has 2 aromatic heterocycles. The highest BCUT2D eigenvalue weighted by molar-refractivity contribution is 7.91. The summed E-state index contributed by atoms with van der Waals surface area (Å²) in [5.74, 6) is 3.16. The predicted octanol–water partition coefficient (Wildman–Crippen LogP) is 3.54. The van der Waals surface area contributed by atoms with E-state index in [1.807, 2.05) is 6.92 Å². The van der Waals surface area contributed by atoms with E-state index in [4.69, 9.17) is 15.5 Å². The van der Waals surface area contributed by atoms with E-state index in [2.05, 4.69) is 23.4 Å². The normalized spacial score (nSPS) is 12.8. The van der Waals surface area contributed by atoms with Crippen molar-refractivity contribution < 1.29 is 9.29 Å². The van der Waals surface area contributed by atoms with Gasteiger partial charge in [-0.05, 0) is 45.1 Å². The highest BCUT2D eigenvalue weighted by Crippen LogP contribution is 2.26. The van der Waals surface area contributed by atoms with Crippen molar-refractivity contribution in [3.05, 3.63) is 17.1 Å². The van der Waals surface area contributed by atoms with Crippen LogP contribution in [0.2, 0.25) is 0 Å². The Bertz CT molecular complexity index is 733. The van der Waals surface area contributed by atoms with Crippen LogP contribution in [-0.4, -0.2) is 44.3 Å². The lowest BCUT2D eigenvalue weighted by Gasteiger charge is -2.13. The Morgan fingerprint density at radius 1 is 1.11 bits per heavy atom. The second kappa shape index (κ2) is 10.9. The third-order valence-electron chi connectivity index (χ3n) is 4.98. The van der Waals surface area contributed by atoms with Crippen LogP contribution in [0.15, 0.2) is 0 Å². The van der Waals surface area contributed by atoms with Crippen molar-refractivity contribution in [1.29, 1.82) is 0 Å². The SMILES string of the molecule is CCCC[S+]([O-])CCCCCn1c(CCOC)nc2c(N)nc(C)c(C)c21. The number of unbranched alkanes of at least 4 members (excludes halogenated alkanes) is 3. The number of hydrogen-bond acceptors (Lipinski definition) is 5. The number of ether oxygens (including phenoxy) is 1. The Hall–Kier alpha value is -1.31. The summed E-state index contributed by atoms with van der Waals surface area (Å²) in [4.78, 5) is 9.19. The molecule has 0 saturated heterocycles. The van der Waals surface area contributed by atoms with Crippen molar-refractivity contribution in [2.75, 3.05) is 31.0 Å². The number of pyridine rings is 1. The maximum atomic E-state index is 11.9. The number of anilines is 1. The highest BCUT2D eigenvalue weighted by Gasteiger charge is 2.17. The van der Waals surface area contributed by atoms with E-state index in [1.165, 1.54) is 0 Å². The smallest absolute Gasteiger partial charge is 0.151 e. The van der Waals surface area contributed by atoms with Crippen LogP contribution in [0.5, 0.6) is 0 Å². The van der Waals surface area contributed by atoms with E-state index in [-0.39, 0.29) is 0 Å². The average Bonchev–Trinajstić information content (AvgIpc) is 3.01. The molecule has 0 aliphatic heterocycles. The number of hydrogen-bond donors (Lipinski definition) is 1. The van der Waals surface area contributed by atoms with Crippen molar-refractivity contribution in [2.24, 2.45) is 0 Å². The molecule has 0 bridgehead atoms. The molecule has 2 rings (SSSR count). The summed E-state index contributed by atoms with van der Waals surface area (Å²) in [6, 6.07) is 0. The lowest BCUT2D eigenvalue weighted by molar-refractivity contribution is 0.199. The number of aryl methyl sites for hydroxylation is 3. The van der Waals surface area contributed by atoms with Gasteiger partial charge in [-0.2, -0.15) is 0 Å². The topological polar surface area (TPSA) is 89.0 Å². The van der Waals surface area contributed by atoms with Gasteiger partial charge in [-0.1, -0.05) is 24.5 Å². The number of nitrogens with zero attached hydrogens (tertiary/aromatic N) is 3. The van der Waals surface area contributed by atoms with Crippen LogP contribution in [0.3, 0.4) is 0 Å². The molecule has 0 aliphatic rings. The summed E-state index contributed by atoms with van der Waals surface area (Å²) in [7, 11) is 1.71. The molecule has 1 atom stereocenters. The maximum absolute atomic E-state index is 11.9. The Morgan fingerprint density at radius 2 is 1.85 bits per heavy atom. The van der Waals surface area contributed by atoms with E-state index in [0.717, 1.165) is 84.7 Å². The van der Waals surface area contributed by atoms with Crippen molar-refractivity contribution in [2.45, 2.75) is 65.8 Å². The second-order valence-electron chi connectivity index (χ2n) is 7.09. The van der Waals surface area contributed by atoms with Crippen molar-refractivity contribution in [3.8, 4) is 0 Å². The van der Waals surface area contributed by atoms with Crippen LogP contribution in [-0.2, 0) is 28.9 Å². The van der Waals surface area contributed by atoms with Gasteiger partial charge in [-0.3, -0.25) is 0 Å². The molecule has 2 heterocycles. The third kappa shape index (κ3) is 5.83. The fourth-order valence-electron chi connectivity index (χ4n) is 3.29. The Morgan fingerprint density at radius 3 is 2.56 bits per heavy atom. The molecule has 2 aromatic rings. The minimum Gasteiger partial charge on any atom is -0.616 e. The molecule has 0 aromatic carbocycles. The first kappa shape index (κ1) is 22.0. The van der Waals surface area contributed by atoms with Crippen LogP contribution in [0, 0.1) is 13.8 Å². The van der Waals surface area contributed by atoms with Gasteiger partial charge in [0, 0.05) is 25.8 Å². The number of aromatic nitrogens is 3. The standard InChI is InChI=1S/C20H34N4O2S/c1-5-6-13-27(25)14-9-7-8-11-24-17(10-12-26-4)23-18-19(24)15(2)16(3)22-20(18)21/h5-14H2,1-4H3,(H2,21,22). The first-order chi connectivity index (χ1) is 13.0.